The molecule has 0 aliphatic rings. The zero-order valence-electron chi connectivity index (χ0n) is 11.4. The first-order valence-electron chi connectivity index (χ1n) is 6.46. The van der Waals surface area contributed by atoms with Crippen LogP contribution in [0.1, 0.15) is 36.5 Å². The van der Waals surface area contributed by atoms with Crippen molar-refractivity contribution in [2.24, 2.45) is 11.7 Å². The highest BCUT2D eigenvalue weighted by atomic mass is 79.9. The number of rotatable bonds is 7. The largest absolute Gasteiger partial charge is 0.478 e. The highest BCUT2D eigenvalue weighted by Gasteiger charge is 2.13. The van der Waals surface area contributed by atoms with Crippen LogP contribution in [0.3, 0.4) is 0 Å². The predicted molar refractivity (Wildman–Crippen MR) is 81.8 cm³/mol. The summed E-state index contributed by atoms with van der Waals surface area (Å²) in [5, 5.41) is 11.7. The molecule has 6 heteroatoms. The lowest BCUT2D eigenvalue weighted by atomic mass is 10.0. The van der Waals surface area contributed by atoms with Gasteiger partial charge in [-0.3, -0.25) is 4.79 Å². The quantitative estimate of drug-likeness (QED) is 0.710. The van der Waals surface area contributed by atoms with Gasteiger partial charge in [-0.05, 0) is 43.5 Å². The van der Waals surface area contributed by atoms with E-state index in [-0.39, 0.29) is 11.5 Å². The second-order valence-electron chi connectivity index (χ2n) is 4.76. The molecule has 0 aliphatic carbocycles. The number of carbonyl (C=O) groups excluding carboxylic acids is 1. The molecule has 5 nitrogen and oxygen atoms in total. The van der Waals surface area contributed by atoms with Crippen LogP contribution in [-0.2, 0) is 4.79 Å². The summed E-state index contributed by atoms with van der Waals surface area (Å²) in [7, 11) is 0. The summed E-state index contributed by atoms with van der Waals surface area (Å²) >= 11 is 3.21. The molecule has 0 spiro atoms. The Bertz CT molecular complexity index is 491. The zero-order chi connectivity index (χ0) is 15.1. The lowest BCUT2D eigenvalue weighted by Gasteiger charge is -2.11. The fourth-order valence-electron chi connectivity index (χ4n) is 1.82. The Kier molecular flexibility index (Phi) is 6.67. The highest BCUT2D eigenvalue weighted by Crippen LogP contribution is 2.21. The molecule has 110 valence electrons. The molecular formula is C14H19BrN2O3. The van der Waals surface area contributed by atoms with Crippen LogP contribution in [0, 0.1) is 5.92 Å². The molecule has 0 fully saturated rings. The van der Waals surface area contributed by atoms with Crippen LogP contribution in [0.4, 0.5) is 5.69 Å². The molecule has 1 aromatic rings. The van der Waals surface area contributed by atoms with E-state index in [4.69, 9.17) is 10.8 Å². The van der Waals surface area contributed by atoms with Gasteiger partial charge in [0.25, 0.3) is 0 Å². The van der Waals surface area contributed by atoms with Crippen LogP contribution in [0.15, 0.2) is 22.7 Å². The molecule has 0 aromatic heterocycles. The van der Waals surface area contributed by atoms with E-state index in [1.165, 1.54) is 6.07 Å². The lowest BCUT2D eigenvalue weighted by molar-refractivity contribution is -0.116. The van der Waals surface area contributed by atoms with Crippen molar-refractivity contribution in [1.29, 1.82) is 0 Å². The minimum absolute atomic E-state index is 0.0720. The van der Waals surface area contributed by atoms with Crippen molar-refractivity contribution in [3.05, 3.63) is 28.2 Å². The Labute approximate surface area is 126 Å². The first-order valence-corrected chi connectivity index (χ1v) is 7.26. The Morgan fingerprint density at radius 3 is 2.70 bits per heavy atom. The molecule has 20 heavy (non-hydrogen) atoms. The SMILES string of the molecule is CC(CCN)CCC(=O)Nc1ccc(Br)cc1C(=O)O. The molecule has 0 radical (unpaired) electrons. The number of hydrogen-bond acceptors (Lipinski definition) is 3. The number of halogens is 1. The molecule has 4 N–H and O–H groups in total. The fraction of sp³-hybridized carbons (Fsp3) is 0.429. The van der Waals surface area contributed by atoms with Gasteiger partial charge in [0.1, 0.15) is 0 Å². The van der Waals surface area contributed by atoms with Crippen LogP contribution in [0.2, 0.25) is 0 Å². The minimum Gasteiger partial charge on any atom is -0.478 e. The van der Waals surface area contributed by atoms with E-state index in [1.54, 1.807) is 12.1 Å². The van der Waals surface area contributed by atoms with Crippen LogP contribution >= 0.6 is 15.9 Å². The van der Waals surface area contributed by atoms with Gasteiger partial charge >= 0.3 is 5.97 Å². The third-order valence-corrected chi connectivity index (χ3v) is 3.50. The summed E-state index contributed by atoms with van der Waals surface area (Å²) in [4.78, 5) is 23.0. The van der Waals surface area contributed by atoms with Gasteiger partial charge in [-0.15, -0.1) is 0 Å². The molecule has 0 aliphatic heterocycles. The first-order chi connectivity index (χ1) is 9.43. The molecule has 1 rings (SSSR count). The van der Waals surface area contributed by atoms with Gasteiger partial charge in [0, 0.05) is 10.9 Å². The molecule has 0 saturated heterocycles. The maximum absolute atomic E-state index is 11.8. The standard InChI is InChI=1S/C14H19BrN2O3/c1-9(6-7-16)2-5-13(18)17-12-4-3-10(15)8-11(12)14(19)20/h3-4,8-9H,2,5-7,16H2,1H3,(H,17,18)(H,19,20). The molecule has 0 heterocycles. The Hall–Kier alpha value is -1.40. The monoisotopic (exact) mass is 342 g/mol. The van der Waals surface area contributed by atoms with E-state index in [0.717, 1.165) is 12.8 Å². The number of nitrogens with one attached hydrogen (secondary N) is 1. The minimum atomic E-state index is -1.07. The van der Waals surface area contributed by atoms with Crippen molar-refractivity contribution in [2.45, 2.75) is 26.2 Å². The number of hydrogen-bond donors (Lipinski definition) is 3. The van der Waals surface area contributed by atoms with Gasteiger partial charge in [-0.1, -0.05) is 22.9 Å². The first kappa shape index (κ1) is 16.7. The molecule has 1 atom stereocenters. The maximum Gasteiger partial charge on any atom is 0.337 e. The fourth-order valence-corrected chi connectivity index (χ4v) is 2.18. The number of aromatic carboxylic acids is 1. The van der Waals surface area contributed by atoms with Gasteiger partial charge in [0.15, 0.2) is 0 Å². The number of carbonyl (C=O) groups is 2. The third kappa shape index (κ3) is 5.30. The number of carboxylic acids is 1. The van der Waals surface area contributed by atoms with E-state index in [2.05, 4.69) is 21.2 Å². The van der Waals surface area contributed by atoms with Crippen molar-refractivity contribution in [3.63, 3.8) is 0 Å². The van der Waals surface area contributed by atoms with E-state index in [0.29, 0.717) is 29.0 Å². The van der Waals surface area contributed by atoms with Crippen molar-refractivity contribution >= 4 is 33.5 Å². The molecule has 0 saturated carbocycles. The Balaban J connectivity index is 2.64. The molecule has 1 amide bonds. The molecular weight excluding hydrogens is 324 g/mol. The molecule has 1 aromatic carbocycles. The van der Waals surface area contributed by atoms with E-state index >= 15 is 0 Å². The van der Waals surface area contributed by atoms with Crippen LogP contribution in [-0.4, -0.2) is 23.5 Å². The second-order valence-corrected chi connectivity index (χ2v) is 5.68. The Morgan fingerprint density at radius 1 is 1.40 bits per heavy atom. The van der Waals surface area contributed by atoms with E-state index in [1.807, 2.05) is 6.92 Å². The summed E-state index contributed by atoms with van der Waals surface area (Å²) in [5.74, 6) is -0.869. The summed E-state index contributed by atoms with van der Waals surface area (Å²) in [6.07, 6.45) is 1.98. The number of amides is 1. The average Bonchev–Trinajstić information content (AvgIpc) is 2.38. The third-order valence-electron chi connectivity index (χ3n) is 3.01. The van der Waals surface area contributed by atoms with Crippen LogP contribution < -0.4 is 11.1 Å². The van der Waals surface area contributed by atoms with Gasteiger partial charge in [-0.2, -0.15) is 0 Å². The Morgan fingerprint density at radius 2 is 2.10 bits per heavy atom. The van der Waals surface area contributed by atoms with E-state index < -0.39 is 5.97 Å². The van der Waals surface area contributed by atoms with Crippen LogP contribution in [0.5, 0.6) is 0 Å². The van der Waals surface area contributed by atoms with Gasteiger partial charge in [0.05, 0.1) is 11.3 Å². The molecule has 0 bridgehead atoms. The summed E-state index contributed by atoms with van der Waals surface area (Å²) in [6.45, 7) is 2.65. The highest BCUT2D eigenvalue weighted by molar-refractivity contribution is 9.10. The van der Waals surface area contributed by atoms with Crippen LogP contribution in [0.25, 0.3) is 0 Å². The number of carboxylic acid groups (broad SMARTS) is 1. The summed E-state index contributed by atoms with van der Waals surface area (Å²) in [5.41, 5.74) is 5.85. The average molecular weight is 343 g/mol. The molecule has 1 unspecified atom stereocenters. The van der Waals surface area contributed by atoms with Crippen molar-refractivity contribution in [3.8, 4) is 0 Å². The van der Waals surface area contributed by atoms with Crippen molar-refractivity contribution in [2.75, 3.05) is 11.9 Å². The smallest absolute Gasteiger partial charge is 0.337 e. The van der Waals surface area contributed by atoms with Crippen molar-refractivity contribution in [1.82, 2.24) is 0 Å². The van der Waals surface area contributed by atoms with Crippen molar-refractivity contribution < 1.29 is 14.7 Å². The lowest BCUT2D eigenvalue weighted by Crippen LogP contribution is -2.16. The van der Waals surface area contributed by atoms with Gasteiger partial charge in [-0.25, -0.2) is 4.79 Å². The summed E-state index contributed by atoms with van der Waals surface area (Å²) < 4.78 is 0.657. The topological polar surface area (TPSA) is 92.4 Å². The van der Waals surface area contributed by atoms with Gasteiger partial charge < -0.3 is 16.2 Å². The van der Waals surface area contributed by atoms with E-state index in [9.17, 15) is 9.59 Å². The summed E-state index contributed by atoms with van der Waals surface area (Å²) in [6, 6.07) is 4.74. The number of nitrogens with two attached hydrogens (primary N) is 1. The predicted octanol–water partition coefficient (Wildman–Crippen LogP) is 2.85. The zero-order valence-corrected chi connectivity index (χ0v) is 12.9. The number of benzene rings is 1. The maximum atomic E-state index is 11.8. The second kappa shape index (κ2) is 8.01. The van der Waals surface area contributed by atoms with Gasteiger partial charge in [0.2, 0.25) is 5.91 Å². The normalized spacial score (nSPS) is 11.9. The number of anilines is 1.